The molecule has 0 saturated heterocycles. The van der Waals surface area contributed by atoms with E-state index < -0.39 is 7.38 Å². The van der Waals surface area contributed by atoms with Crippen LogP contribution in [0.5, 0.6) is 0 Å². The fourth-order valence-electron chi connectivity index (χ4n) is 1.16. The van der Waals surface area contributed by atoms with Gasteiger partial charge in [-0.25, -0.2) is 0 Å². The average molecular weight is 214 g/mol. The molecule has 0 unspecified atom stereocenters. The third-order valence-electron chi connectivity index (χ3n) is 2.07. The Morgan fingerprint density at radius 3 is 1.85 bits per heavy atom. The lowest BCUT2D eigenvalue weighted by Crippen LogP contribution is -2.34. The third-order valence-corrected chi connectivity index (χ3v) is 4.43. The SMILES string of the molecule is CN(C)c1ccc([Si](C)(C)Cl)cc1. The van der Waals surface area contributed by atoms with Gasteiger partial charge in [-0.3, -0.25) is 0 Å². The molecule has 1 rings (SSSR count). The molecule has 0 spiro atoms. The standard InChI is InChI=1S/C10H16ClNSi/c1-12(2)9-5-7-10(8-6-9)13(3,4)11/h5-8H,1-4H3. The van der Waals surface area contributed by atoms with Crippen LogP contribution in [-0.2, 0) is 0 Å². The van der Waals surface area contributed by atoms with Gasteiger partial charge in [0.25, 0.3) is 0 Å². The van der Waals surface area contributed by atoms with Gasteiger partial charge in [-0.1, -0.05) is 25.2 Å². The number of nitrogens with zero attached hydrogens (tertiary/aromatic N) is 1. The van der Waals surface area contributed by atoms with E-state index in [1.807, 2.05) is 14.1 Å². The lowest BCUT2D eigenvalue weighted by atomic mass is 10.3. The van der Waals surface area contributed by atoms with E-state index >= 15 is 0 Å². The lowest BCUT2D eigenvalue weighted by Gasteiger charge is -2.16. The zero-order valence-corrected chi connectivity index (χ0v) is 10.4. The van der Waals surface area contributed by atoms with Crippen molar-refractivity contribution in [1.82, 2.24) is 0 Å². The van der Waals surface area contributed by atoms with E-state index in [1.165, 1.54) is 10.9 Å². The van der Waals surface area contributed by atoms with E-state index in [1.54, 1.807) is 0 Å². The molecule has 0 fully saturated rings. The first-order valence-corrected chi connectivity index (χ1v) is 8.39. The minimum absolute atomic E-state index is 1.22. The molecule has 0 amide bonds. The van der Waals surface area contributed by atoms with Crippen LogP contribution in [-0.4, -0.2) is 21.5 Å². The second-order valence-corrected chi connectivity index (χ2v) is 10.3. The summed E-state index contributed by atoms with van der Waals surface area (Å²) in [7, 11) is 2.44. The molecule has 0 atom stereocenters. The molecule has 0 heterocycles. The molecule has 0 saturated carbocycles. The van der Waals surface area contributed by atoms with Crippen molar-refractivity contribution in [2.75, 3.05) is 19.0 Å². The van der Waals surface area contributed by atoms with Crippen molar-refractivity contribution < 1.29 is 0 Å². The third kappa shape index (κ3) is 2.74. The Labute approximate surface area is 86.0 Å². The molecule has 0 aliphatic heterocycles. The summed E-state index contributed by atoms with van der Waals surface area (Å²) in [6.45, 7) is 4.28. The number of hydrogen-bond donors (Lipinski definition) is 0. The highest BCUT2D eigenvalue weighted by atomic mass is 35.6. The van der Waals surface area contributed by atoms with E-state index in [4.69, 9.17) is 11.1 Å². The van der Waals surface area contributed by atoms with Gasteiger partial charge >= 0.3 is 0 Å². The maximum Gasteiger partial charge on any atom is 0.180 e. The van der Waals surface area contributed by atoms with Crippen molar-refractivity contribution in [3.63, 3.8) is 0 Å². The van der Waals surface area contributed by atoms with Gasteiger partial charge in [-0.2, -0.15) is 11.1 Å². The van der Waals surface area contributed by atoms with E-state index in [9.17, 15) is 0 Å². The van der Waals surface area contributed by atoms with Crippen molar-refractivity contribution >= 4 is 29.3 Å². The maximum atomic E-state index is 6.32. The fraction of sp³-hybridized carbons (Fsp3) is 0.400. The first-order chi connectivity index (χ1) is 5.91. The molecule has 1 aromatic carbocycles. The second kappa shape index (κ2) is 3.72. The van der Waals surface area contributed by atoms with E-state index in [0.717, 1.165) is 0 Å². The van der Waals surface area contributed by atoms with Crippen LogP contribution in [0.25, 0.3) is 0 Å². The molecule has 3 heteroatoms. The summed E-state index contributed by atoms with van der Waals surface area (Å²) in [6.07, 6.45) is 0. The van der Waals surface area contributed by atoms with Gasteiger partial charge < -0.3 is 4.90 Å². The minimum Gasteiger partial charge on any atom is -0.378 e. The average Bonchev–Trinajstić information content (AvgIpc) is 2.03. The number of rotatable bonds is 2. The van der Waals surface area contributed by atoms with Gasteiger partial charge in [-0.15, -0.1) is 0 Å². The Balaban J connectivity index is 2.94. The quantitative estimate of drug-likeness (QED) is 0.539. The van der Waals surface area contributed by atoms with E-state index in [0.29, 0.717) is 0 Å². The highest BCUT2D eigenvalue weighted by molar-refractivity contribution is 7.26. The first-order valence-electron chi connectivity index (χ1n) is 4.38. The topological polar surface area (TPSA) is 3.24 Å². The summed E-state index contributed by atoms with van der Waals surface area (Å²) in [6, 6.07) is 8.50. The molecule has 0 N–H and O–H groups in total. The van der Waals surface area contributed by atoms with Gasteiger partial charge in [0, 0.05) is 19.8 Å². The summed E-state index contributed by atoms with van der Waals surface area (Å²) in [5, 5.41) is 1.29. The van der Waals surface area contributed by atoms with Crippen LogP contribution in [0, 0.1) is 0 Å². The summed E-state index contributed by atoms with van der Waals surface area (Å²) >= 11 is 6.32. The van der Waals surface area contributed by atoms with Gasteiger partial charge in [-0.05, 0) is 17.3 Å². The van der Waals surface area contributed by atoms with Gasteiger partial charge in [0.15, 0.2) is 7.38 Å². The lowest BCUT2D eigenvalue weighted by molar-refractivity contribution is 1.13. The van der Waals surface area contributed by atoms with Crippen LogP contribution < -0.4 is 10.1 Å². The molecular weight excluding hydrogens is 198 g/mol. The molecule has 0 aliphatic carbocycles. The zero-order chi connectivity index (χ0) is 10.1. The molecule has 13 heavy (non-hydrogen) atoms. The van der Waals surface area contributed by atoms with Crippen LogP contribution in [0.1, 0.15) is 0 Å². The van der Waals surface area contributed by atoms with Crippen LogP contribution in [0.2, 0.25) is 13.1 Å². The Morgan fingerprint density at radius 2 is 1.54 bits per heavy atom. The van der Waals surface area contributed by atoms with Gasteiger partial charge in [0.05, 0.1) is 0 Å². The monoisotopic (exact) mass is 213 g/mol. The van der Waals surface area contributed by atoms with Gasteiger partial charge in [0.2, 0.25) is 0 Å². The van der Waals surface area contributed by atoms with E-state index in [2.05, 4.69) is 42.3 Å². The Hall–Kier alpha value is -0.473. The molecular formula is C10H16ClNSi. The molecule has 0 bridgehead atoms. The van der Waals surface area contributed by atoms with Crippen molar-refractivity contribution in [1.29, 1.82) is 0 Å². The highest BCUT2D eigenvalue weighted by Gasteiger charge is 2.19. The first kappa shape index (κ1) is 10.6. The van der Waals surface area contributed by atoms with Crippen LogP contribution in [0.15, 0.2) is 24.3 Å². The Bertz CT molecular complexity index is 274. The minimum atomic E-state index is -1.64. The predicted molar refractivity (Wildman–Crippen MR) is 63.7 cm³/mol. The molecule has 1 nitrogen and oxygen atoms in total. The van der Waals surface area contributed by atoms with Gasteiger partial charge in [0.1, 0.15) is 0 Å². The van der Waals surface area contributed by atoms with Crippen molar-refractivity contribution in [3.8, 4) is 0 Å². The predicted octanol–water partition coefficient (Wildman–Crippen LogP) is 2.40. The summed E-state index contributed by atoms with van der Waals surface area (Å²) < 4.78 is 0. The number of benzene rings is 1. The van der Waals surface area contributed by atoms with Crippen LogP contribution >= 0.6 is 11.1 Å². The number of halogens is 1. The summed E-state index contributed by atoms with van der Waals surface area (Å²) in [5.74, 6) is 0. The smallest absolute Gasteiger partial charge is 0.180 e. The molecule has 0 aliphatic rings. The van der Waals surface area contributed by atoms with Crippen molar-refractivity contribution in [2.24, 2.45) is 0 Å². The largest absolute Gasteiger partial charge is 0.378 e. The molecule has 0 radical (unpaired) electrons. The van der Waals surface area contributed by atoms with Crippen LogP contribution in [0.4, 0.5) is 5.69 Å². The zero-order valence-electron chi connectivity index (χ0n) is 8.63. The number of anilines is 1. The number of hydrogen-bond acceptors (Lipinski definition) is 1. The molecule has 0 aromatic heterocycles. The fourth-order valence-corrected chi connectivity index (χ4v) is 2.49. The second-order valence-electron chi connectivity index (χ2n) is 3.91. The summed E-state index contributed by atoms with van der Waals surface area (Å²) in [5.41, 5.74) is 1.22. The van der Waals surface area contributed by atoms with Crippen LogP contribution in [0.3, 0.4) is 0 Å². The van der Waals surface area contributed by atoms with Crippen molar-refractivity contribution in [2.45, 2.75) is 13.1 Å². The van der Waals surface area contributed by atoms with E-state index in [-0.39, 0.29) is 0 Å². The highest BCUT2D eigenvalue weighted by Crippen LogP contribution is 2.12. The normalized spacial score (nSPS) is 11.5. The Kier molecular flexibility index (Phi) is 3.04. The van der Waals surface area contributed by atoms with Crippen molar-refractivity contribution in [3.05, 3.63) is 24.3 Å². The summed E-state index contributed by atoms with van der Waals surface area (Å²) in [4.78, 5) is 2.09. The maximum absolute atomic E-state index is 6.32. The molecule has 1 aromatic rings. The molecule has 72 valence electrons. The Morgan fingerprint density at radius 1 is 1.08 bits per heavy atom.